The maximum absolute atomic E-state index is 2.62. The molecule has 0 unspecified atom stereocenters. The molecule has 0 fully saturated rings. The van der Waals surface area contributed by atoms with Crippen molar-refractivity contribution in [2.45, 2.75) is 85.5 Å². The highest BCUT2D eigenvalue weighted by molar-refractivity contribution is 7.33. The molecule has 3 nitrogen and oxygen atoms in total. The zero-order valence-electron chi connectivity index (χ0n) is 35.5. The molecule has 6 aromatic carbocycles. The smallest absolute Gasteiger partial charge is 0.264 e. The molecule has 0 spiro atoms. The van der Waals surface area contributed by atoms with E-state index in [2.05, 4.69) is 217 Å². The van der Waals surface area contributed by atoms with E-state index in [9.17, 15) is 0 Å². The standard InChI is InChI=1S/C53H52BN3S/c1-33-30-44-47-45(31-33)56(39-27-22-35(23-28-39)52(5,6)7)48-46-40-18-14-15-19-42(40)57(37-16-12-11-13-17-37)50(46)58-49(48)54(47)41-32-36(53(8,9)10)24-29-43(41)55(44)38-25-20-34(21-26-38)51(2,3)4/h11-32H,1-10H3. The Hall–Kier alpha value is -5.52. The summed E-state index contributed by atoms with van der Waals surface area (Å²) in [4.78, 5) is 6.45. The molecule has 0 N–H and O–H groups in total. The summed E-state index contributed by atoms with van der Waals surface area (Å²) in [5, 5.41) is 2.60. The predicted octanol–water partition coefficient (Wildman–Crippen LogP) is 13.1. The van der Waals surface area contributed by atoms with Crippen molar-refractivity contribution in [3.05, 3.63) is 156 Å². The molecule has 288 valence electrons. The molecule has 10 rings (SSSR count). The van der Waals surface area contributed by atoms with Crippen molar-refractivity contribution in [1.29, 1.82) is 0 Å². The molecule has 0 aliphatic carbocycles. The normalized spacial score (nSPS) is 13.9. The van der Waals surface area contributed by atoms with Crippen LogP contribution in [0, 0.1) is 6.92 Å². The number of aromatic nitrogens is 1. The number of hydrogen-bond acceptors (Lipinski definition) is 3. The molecular weight excluding hydrogens is 721 g/mol. The van der Waals surface area contributed by atoms with Crippen molar-refractivity contribution < 1.29 is 0 Å². The van der Waals surface area contributed by atoms with Gasteiger partial charge in [-0.3, -0.25) is 0 Å². The van der Waals surface area contributed by atoms with E-state index in [1.807, 2.05) is 11.3 Å². The van der Waals surface area contributed by atoms with Crippen LogP contribution in [-0.4, -0.2) is 11.3 Å². The number of aryl methyl sites for hydroxylation is 1. The molecule has 0 amide bonds. The van der Waals surface area contributed by atoms with Crippen LogP contribution in [0.15, 0.2) is 133 Å². The van der Waals surface area contributed by atoms with E-state index in [-0.39, 0.29) is 23.0 Å². The zero-order chi connectivity index (χ0) is 40.5. The monoisotopic (exact) mass is 773 g/mol. The number of hydrogen-bond donors (Lipinski definition) is 0. The lowest BCUT2D eigenvalue weighted by Crippen LogP contribution is -2.60. The van der Waals surface area contributed by atoms with Crippen molar-refractivity contribution in [3.8, 4) is 5.69 Å². The van der Waals surface area contributed by atoms with Crippen LogP contribution in [0.25, 0.3) is 26.8 Å². The lowest BCUT2D eigenvalue weighted by molar-refractivity contribution is 0.590. The molecule has 2 aliphatic rings. The largest absolute Gasteiger partial charge is 0.311 e. The van der Waals surface area contributed by atoms with Gasteiger partial charge in [-0.05, 0) is 117 Å². The Bertz CT molecular complexity index is 2900. The zero-order valence-corrected chi connectivity index (χ0v) is 36.3. The fourth-order valence-corrected chi connectivity index (χ4v) is 10.9. The van der Waals surface area contributed by atoms with Gasteiger partial charge < -0.3 is 14.4 Å². The number of para-hydroxylation sites is 2. The topological polar surface area (TPSA) is 11.4 Å². The molecule has 0 bridgehead atoms. The van der Waals surface area contributed by atoms with Crippen LogP contribution in [0.2, 0.25) is 0 Å². The summed E-state index contributed by atoms with van der Waals surface area (Å²) in [5.74, 6) is 0. The predicted molar refractivity (Wildman–Crippen MR) is 254 cm³/mol. The third-order valence-corrected chi connectivity index (χ3v) is 13.7. The second kappa shape index (κ2) is 12.7. The van der Waals surface area contributed by atoms with Gasteiger partial charge in [0.1, 0.15) is 4.83 Å². The van der Waals surface area contributed by atoms with Gasteiger partial charge in [0, 0.05) is 49.7 Å². The SMILES string of the molecule is Cc1cc2c3c(c1)N(c1ccc(C(C)(C)C)cc1)c1c(sc4c1c1ccccc1n4-c1ccccc1)B3c1cc(C(C)(C)C)ccc1N2c1ccc(C(C)(C)C)cc1. The Morgan fingerprint density at radius 3 is 1.64 bits per heavy atom. The van der Waals surface area contributed by atoms with E-state index in [0.717, 1.165) is 0 Å². The molecule has 0 atom stereocenters. The quantitative estimate of drug-likeness (QED) is 0.166. The third kappa shape index (κ3) is 5.61. The number of rotatable bonds is 3. The molecule has 0 radical (unpaired) electrons. The highest BCUT2D eigenvalue weighted by atomic mass is 32.1. The van der Waals surface area contributed by atoms with Gasteiger partial charge in [0.15, 0.2) is 0 Å². The van der Waals surface area contributed by atoms with E-state index in [4.69, 9.17) is 0 Å². The summed E-state index contributed by atoms with van der Waals surface area (Å²) in [7, 11) is 0. The number of thiophene rings is 1. The van der Waals surface area contributed by atoms with E-state index in [0.29, 0.717) is 0 Å². The van der Waals surface area contributed by atoms with Crippen LogP contribution in [0.3, 0.4) is 0 Å². The maximum Gasteiger partial charge on any atom is 0.264 e. The average molecular weight is 774 g/mol. The van der Waals surface area contributed by atoms with Crippen molar-refractivity contribution in [1.82, 2.24) is 4.57 Å². The summed E-state index contributed by atoms with van der Waals surface area (Å²) >= 11 is 1.98. The van der Waals surface area contributed by atoms with Gasteiger partial charge in [0.2, 0.25) is 0 Å². The molecule has 0 saturated heterocycles. The Labute approximate surface area is 348 Å². The van der Waals surface area contributed by atoms with Gasteiger partial charge in [0.25, 0.3) is 6.71 Å². The summed E-state index contributed by atoms with van der Waals surface area (Å²) in [6.45, 7) is 23.1. The first kappa shape index (κ1) is 36.8. The summed E-state index contributed by atoms with van der Waals surface area (Å²) in [5.41, 5.74) is 18.0. The summed E-state index contributed by atoms with van der Waals surface area (Å²) in [6.07, 6.45) is 0. The lowest BCUT2D eigenvalue weighted by Gasteiger charge is -2.44. The first-order valence-electron chi connectivity index (χ1n) is 20.8. The van der Waals surface area contributed by atoms with Gasteiger partial charge in [-0.15, -0.1) is 11.3 Å². The first-order chi connectivity index (χ1) is 27.6. The van der Waals surface area contributed by atoms with Gasteiger partial charge in [0.05, 0.1) is 11.2 Å². The average Bonchev–Trinajstić information content (AvgIpc) is 3.72. The van der Waals surface area contributed by atoms with E-state index < -0.39 is 0 Å². The van der Waals surface area contributed by atoms with Crippen LogP contribution >= 0.6 is 11.3 Å². The molecule has 58 heavy (non-hydrogen) atoms. The first-order valence-corrected chi connectivity index (χ1v) is 21.6. The minimum atomic E-state index is -0.0107. The Balaban J connectivity index is 1.34. The Morgan fingerprint density at radius 1 is 0.500 bits per heavy atom. The van der Waals surface area contributed by atoms with E-state index in [1.165, 1.54) is 98.9 Å². The van der Waals surface area contributed by atoms with E-state index in [1.54, 1.807) is 0 Å². The number of benzene rings is 6. The minimum Gasteiger partial charge on any atom is -0.311 e. The fourth-order valence-electron chi connectivity index (χ4n) is 9.40. The lowest BCUT2D eigenvalue weighted by atomic mass is 9.36. The van der Waals surface area contributed by atoms with Crippen molar-refractivity contribution in [3.63, 3.8) is 0 Å². The molecule has 0 saturated carbocycles. The van der Waals surface area contributed by atoms with Crippen LogP contribution < -0.4 is 25.5 Å². The van der Waals surface area contributed by atoms with Gasteiger partial charge in [-0.25, -0.2) is 0 Å². The maximum atomic E-state index is 2.62. The van der Waals surface area contributed by atoms with Crippen LogP contribution in [0.4, 0.5) is 34.1 Å². The van der Waals surface area contributed by atoms with Crippen molar-refractivity contribution in [2.24, 2.45) is 0 Å². The number of anilines is 6. The molecule has 2 aromatic heterocycles. The second-order valence-electron chi connectivity index (χ2n) is 19.6. The van der Waals surface area contributed by atoms with Crippen LogP contribution in [0.1, 0.15) is 84.6 Å². The Kier molecular flexibility index (Phi) is 8.08. The van der Waals surface area contributed by atoms with Crippen LogP contribution in [-0.2, 0) is 16.2 Å². The number of nitrogens with zero attached hydrogens (tertiary/aromatic N) is 3. The van der Waals surface area contributed by atoms with Crippen molar-refractivity contribution >= 4 is 89.0 Å². The molecular formula is C53H52BN3S. The summed E-state index contributed by atoms with van der Waals surface area (Å²) < 4.78 is 3.90. The second-order valence-corrected chi connectivity index (χ2v) is 20.7. The highest BCUT2D eigenvalue weighted by Gasteiger charge is 2.46. The highest BCUT2D eigenvalue weighted by Crippen LogP contribution is 2.51. The fraction of sp³-hybridized carbons (Fsp3) is 0.245. The Morgan fingerprint density at radius 2 is 1.03 bits per heavy atom. The molecule has 2 aliphatic heterocycles. The van der Waals surface area contributed by atoms with Gasteiger partial charge in [-0.2, -0.15) is 0 Å². The van der Waals surface area contributed by atoms with Gasteiger partial charge in [-0.1, -0.05) is 135 Å². The van der Waals surface area contributed by atoms with Gasteiger partial charge >= 0.3 is 0 Å². The molecule has 4 heterocycles. The molecule has 8 aromatic rings. The minimum absolute atomic E-state index is 0.0107. The molecule has 5 heteroatoms. The van der Waals surface area contributed by atoms with E-state index >= 15 is 0 Å². The van der Waals surface area contributed by atoms with Crippen molar-refractivity contribution in [2.75, 3.05) is 9.80 Å². The van der Waals surface area contributed by atoms with Crippen LogP contribution in [0.5, 0.6) is 0 Å². The summed E-state index contributed by atoms with van der Waals surface area (Å²) in [6, 6.07) is 50.8. The number of fused-ring (bicyclic) bond motifs is 8. The third-order valence-electron chi connectivity index (χ3n) is 12.5.